The third-order valence-corrected chi connectivity index (χ3v) is 5.50. The van der Waals surface area contributed by atoms with Crippen LogP contribution in [-0.4, -0.2) is 30.0 Å². The first-order valence-corrected chi connectivity index (χ1v) is 10.4. The highest BCUT2D eigenvalue weighted by molar-refractivity contribution is 7.16. The van der Waals surface area contributed by atoms with Gasteiger partial charge in [-0.15, -0.1) is 11.3 Å². The van der Waals surface area contributed by atoms with Gasteiger partial charge < -0.3 is 4.74 Å². The molecular weight excluding hydrogens is 408 g/mol. The van der Waals surface area contributed by atoms with Crippen LogP contribution in [0.4, 0.5) is 5.13 Å². The van der Waals surface area contributed by atoms with Gasteiger partial charge in [0, 0.05) is 22.0 Å². The molecule has 3 aromatic rings. The van der Waals surface area contributed by atoms with Crippen molar-refractivity contribution >= 4 is 39.9 Å². The average Bonchev–Trinajstić information content (AvgIpc) is 3.10. The number of esters is 1. The molecule has 1 aromatic heterocycles. The number of aromatic nitrogens is 1. The maximum Gasteiger partial charge on any atom is 0.358 e. The second kappa shape index (κ2) is 9.67. The van der Waals surface area contributed by atoms with Gasteiger partial charge in [0.2, 0.25) is 0 Å². The molecule has 1 heterocycles. The van der Waals surface area contributed by atoms with E-state index in [-0.39, 0.29) is 18.2 Å². The molecule has 7 heteroatoms. The number of amides is 1. The predicted molar refractivity (Wildman–Crippen MR) is 116 cm³/mol. The molecule has 150 valence electrons. The third kappa shape index (κ3) is 5.22. The van der Waals surface area contributed by atoms with Crippen LogP contribution in [-0.2, 0) is 11.2 Å². The van der Waals surface area contributed by atoms with Gasteiger partial charge in [0.1, 0.15) is 0 Å². The number of thiazole rings is 1. The fourth-order valence-corrected chi connectivity index (χ4v) is 3.94. The zero-order valence-corrected chi connectivity index (χ0v) is 17.8. The normalized spacial score (nSPS) is 10.6. The van der Waals surface area contributed by atoms with Crippen LogP contribution in [0.25, 0.3) is 0 Å². The molecule has 0 fully saturated rings. The molecule has 0 atom stereocenters. The van der Waals surface area contributed by atoms with E-state index in [4.69, 9.17) is 16.3 Å². The summed E-state index contributed by atoms with van der Waals surface area (Å²) in [6.07, 6.45) is 0.653. The van der Waals surface area contributed by atoms with Gasteiger partial charge in [-0.05, 0) is 44.0 Å². The van der Waals surface area contributed by atoms with E-state index in [9.17, 15) is 9.59 Å². The van der Waals surface area contributed by atoms with Crippen molar-refractivity contribution in [1.82, 2.24) is 4.98 Å². The number of ether oxygens (including phenoxy) is 1. The molecule has 2 aromatic carbocycles. The Morgan fingerprint density at radius 2 is 1.90 bits per heavy atom. The standard InChI is InChI=1S/C22H21ClN2O3S/c1-3-28-21(27)19-15(2)29-22(24-19)25(13-12-16-8-5-4-6-9-16)20(26)17-10-7-11-18(23)14-17/h4-11,14H,3,12-13H2,1-2H3. The summed E-state index contributed by atoms with van der Waals surface area (Å²) in [4.78, 5) is 32.2. The molecule has 29 heavy (non-hydrogen) atoms. The Labute approximate surface area is 178 Å². The van der Waals surface area contributed by atoms with Crippen molar-refractivity contribution in [3.05, 3.63) is 81.3 Å². The molecule has 3 rings (SSSR count). The quantitative estimate of drug-likeness (QED) is 0.487. The number of benzene rings is 2. The number of hydrogen-bond donors (Lipinski definition) is 0. The molecule has 0 unspecified atom stereocenters. The first-order chi connectivity index (χ1) is 14.0. The fraction of sp³-hybridized carbons (Fsp3) is 0.227. The van der Waals surface area contributed by atoms with E-state index < -0.39 is 5.97 Å². The van der Waals surface area contributed by atoms with E-state index in [1.807, 2.05) is 30.3 Å². The van der Waals surface area contributed by atoms with E-state index in [0.717, 1.165) is 5.56 Å². The number of carbonyl (C=O) groups excluding carboxylic acids is 2. The molecule has 0 aliphatic rings. The third-order valence-electron chi connectivity index (χ3n) is 4.27. The SMILES string of the molecule is CCOC(=O)c1nc(N(CCc2ccccc2)C(=O)c2cccc(Cl)c2)sc1C. The van der Waals surface area contributed by atoms with Crippen LogP contribution >= 0.6 is 22.9 Å². The first-order valence-electron chi connectivity index (χ1n) is 9.25. The molecule has 0 radical (unpaired) electrons. The largest absolute Gasteiger partial charge is 0.461 e. The lowest BCUT2D eigenvalue weighted by Crippen LogP contribution is -2.33. The van der Waals surface area contributed by atoms with Crippen LogP contribution in [0.2, 0.25) is 5.02 Å². The summed E-state index contributed by atoms with van der Waals surface area (Å²) in [7, 11) is 0. The van der Waals surface area contributed by atoms with Crippen molar-refractivity contribution < 1.29 is 14.3 Å². The van der Waals surface area contributed by atoms with Crippen molar-refractivity contribution in [2.24, 2.45) is 0 Å². The van der Waals surface area contributed by atoms with Gasteiger partial charge in [-0.2, -0.15) is 0 Å². The highest BCUT2D eigenvalue weighted by Crippen LogP contribution is 2.28. The summed E-state index contributed by atoms with van der Waals surface area (Å²) < 4.78 is 5.08. The zero-order chi connectivity index (χ0) is 20.8. The molecule has 1 amide bonds. The molecular formula is C22H21ClN2O3S. The van der Waals surface area contributed by atoms with E-state index in [0.29, 0.717) is 33.6 Å². The fourth-order valence-electron chi connectivity index (χ4n) is 2.83. The maximum absolute atomic E-state index is 13.3. The molecule has 0 spiro atoms. The van der Waals surface area contributed by atoms with Crippen LogP contribution < -0.4 is 4.90 Å². The Kier molecular flexibility index (Phi) is 7.01. The van der Waals surface area contributed by atoms with Gasteiger partial charge in [0.25, 0.3) is 5.91 Å². The van der Waals surface area contributed by atoms with E-state index in [2.05, 4.69) is 4.98 Å². The van der Waals surface area contributed by atoms with Crippen molar-refractivity contribution in [2.75, 3.05) is 18.1 Å². The van der Waals surface area contributed by atoms with Crippen molar-refractivity contribution in [2.45, 2.75) is 20.3 Å². The van der Waals surface area contributed by atoms with E-state index in [1.54, 1.807) is 43.0 Å². The number of anilines is 1. The van der Waals surface area contributed by atoms with Crippen LogP contribution in [0, 0.1) is 6.92 Å². The van der Waals surface area contributed by atoms with E-state index >= 15 is 0 Å². The maximum atomic E-state index is 13.3. The van der Waals surface area contributed by atoms with Crippen molar-refractivity contribution in [3.63, 3.8) is 0 Å². The number of carbonyl (C=O) groups is 2. The number of aryl methyl sites for hydroxylation is 1. The lowest BCUT2D eigenvalue weighted by atomic mass is 10.1. The Bertz CT molecular complexity index is 1000. The minimum Gasteiger partial charge on any atom is -0.461 e. The van der Waals surface area contributed by atoms with Crippen LogP contribution in [0.5, 0.6) is 0 Å². The monoisotopic (exact) mass is 428 g/mol. The van der Waals surface area contributed by atoms with Crippen LogP contribution in [0.15, 0.2) is 54.6 Å². The average molecular weight is 429 g/mol. The predicted octanol–water partition coefficient (Wildman–Crippen LogP) is 5.17. The molecule has 0 bridgehead atoms. The Balaban J connectivity index is 1.93. The van der Waals surface area contributed by atoms with Crippen molar-refractivity contribution in [1.29, 1.82) is 0 Å². The van der Waals surface area contributed by atoms with Gasteiger partial charge in [0.15, 0.2) is 10.8 Å². The smallest absolute Gasteiger partial charge is 0.358 e. The second-order valence-corrected chi connectivity index (χ2v) is 7.94. The minimum absolute atomic E-state index is 0.215. The summed E-state index contributed by atoms with van der Waals surface area (Å²) in [6.45, 7) is 4.23. The molecule has 0 saturated carbocycles. The lowest BCUT2D eigenvalue weighted by molar-refractivity contribution is 0.0519. The Hall–Kier alpha value is -2.70. The molecule has 0 aliphatic heterocycles. The van der Waals surface area contributed by atoms with Crippen molar-refractivity contribution in [3.8, 4) is 0 Å². The summed E-state index contributed by atoms with van der Waals surface area (Å²) in [5, 5.41) is 0.952. The summed E-state index contributed by atoms with van der Waals surface area (Å²) in [6, 6.07) is 16.7. The van der Waals surface area contributed by atoms with E-state index in [1.165, 1.54) is 11.3 Å². The molecule has 0 saturated heterocycles. The summed E-state index contributed by atoms with van der Waals surface area (Å²) in [5.74, 6) is -0.696. The number of nitrogens with zero attached hydrogens (tertiary/aromatic N) is 2. The highest BCUT2D eigenvalue weighted by Gasteiger charge is 2.25. The topological polar surface area (TPSA) is 59.5 Å². The Morgan fingerprint density at radius 1 is 1.14 bits per heavy atom. The molecule has 0 N–H and O–H groups in total. The number of rotatable bonds is 7. The highest BCUT2D eigenvalue weighted by atomic mass is 35.5. The summed E-state index contributed by atoms with van der Waals surface area (Å²) in [5.41, 5.74) is 1.82. The van der Waals surface area contributed by atoms with Crippen LogP contribution in [0.3, 0.4) is 0 Å². The van der Waals surface area contributed by atoms with Gasteiger partial charge in [-0.1, -0.05) is 48.0 Å². The van der Waals surface area contributed by atoms with Crippen LogP contribution in [0.1, 0.15) is 38.2 Å². The zero-order valence-electron chi connectivity index (χ0n) is 16.2. The number of halogens is 1. The lowest BCUT2D eigenvalue weighted by Gasteiger charge is -2.20. The molecule has 5 nitrogen and oxygen atoms in total. The number of hydrogen-bond acceptors (Lipinski definition) is 5. The molecule has 0 aliphatic carbocycles. The Morgan fingerprint density at radius 3 is 2.59 bits per heavy atom. The van der Waals surface area contributed by atoms with Gasteiger partial charge in [-0.3, -0.25) is 9.69 Å². The minimum atomic E-state index is -0.481. The van der Waals surface area contributed by atoms with Gasteiger partial charge >= 0.3 is 5.97 Å². The first kappa shape index (κ1) is 21.0. The van der Waals surface area contributed by atoms with Gasteiger partial charge in [0.05, 0.1) is 6.61 Å². The second-order valence-electron chi connectivity index (χ2n) is 6.32. The van der Waals surface area contributed by atoms with Gasteiger partial charge in [-0.25, -0.2) is 9.78 Å². The summed E-state index contributed by atoms with van der Waals surface area (Å²) >= 11 is 7.37.